The van der Waals surface area contributed by atoms with Crippen molar-refractivity contribution < 1.29 is 18.7 Å². The molecule has 1 amide bonds. The number of ether oxygens (including phenoxy) is 1. The number of anilines is 1. The van der Waals surface area contributed by atoms with Crippen molar-refractivity contribution in [3.05, 3.63) is 58.7 Å². The minimum atomic E-state index is -0.426. The summed E-state index contributed by atoms with van der Waals surface area (Å²) < 4.78 is 20.1. The topological polar surface area (TPSA) is 86.1 Å². The maximum Gasteiger partial charge on any atom is 0.341 e. The molecule has 10 heteroatoms. The predicted molar refractivity (Wildman–Crippen MR) is 132 cm³/mol. The first-order chi connectivity index (χ1) is 16.4. The molecule has 1 aromatic carbocycles. The van der Waals surface area contributed by atoms with Gasteiger partial charge in [-0.05, 0) is 55.0 Å². The van der Waals surface area contributed by atoms with E-state index in [4.69, 9.17) is 4.74 Å². The van der Waals surface area contributed by atoms with Crippen LogP contribution in [0.15, 0.2) is 42.1 Å². The van der Waals surface area contributed by atoms with Gasteiger partial charge in [-0.2, -0.15) is 0 Å². The van der Waals surface area contributed by atoms with Crippen molar-refractivity contribution in [1.29, 1.82) is 0 Å². The fourth-order valence-electron chi connectivity index (χ4n) is 3.95. The van der Waals surface area contributed by atoms with Gasteiger partial charge in [-0.15, -0.1) is 28.1 Å². The average molecular weight is 501 g/mol. The molecule has 0 saturated heterocycles. The van der Waals surface area contributed by atoms with E-state index in [9.17, 15) is 14.0 Å². The summed E-state index contributed by atoms with van der Waals surface area (Å²) in [5, 5.41) is 12.4. The number of allylic oxidation sites excluding steroid dienone is 1. The van der Waals surface area contributed by atoms with Crippen molar-refractivity contribution in [3.8, 4) is 11.4 Å². The Morgan fingerprint density at radius 3 is 2.82 bits per heavy atom. The zero-order valence-corrected chi connectivity index (χ0v) is 20.6. The van der Waals surface area contributed by atoms with Crippen LogP contribution in [0.3, 0.4) is 0 Å². The summed E-state index contributed by atoms with van der Waals surface area (Å²) in [6, 6.07) is 5.99. The lowest BCUT2D eigenvalue weighted by molar-refractivity contribution is -0.113. The molecule has 0 radical (unpaired) electrons. The minimum Gasteiger partial charge on any atom is -0.465 e. The Bertz CT molecular complexity index is 1220. The van der Waals surface area contributed by atoms with Gasteiger partial charge in [0.2, 0.25) is 5.91 Å². The molecule has 0 bridgehead atoms. The van der Waals surface area contributed by atoms with Gasteiger partial charge in [0.15, 0.2) is 11.0 Å². The molecule has 1 unspecified atom stereocenters. The van der Waals surface area contributed by atoms with E-state index in [0.717, 1.165) is 29.7 Å². The number of hydrogen-bond acceptors (Lipinski definition) is 7. The fraction of sp³-hybridized carbons (Fsp3) is 0.333. The van der Waals surface area contributed by atoms with Crippen LogP contribution in [-0.2, 0) is 28.9 Å². The molecular formula is C24H25FN4O3S2. The van der Waals surface area contributed by atoms with Crippen LogP contribution in [0.4, 0.5) is 9.39 Å². The molecule has 178 valence electrons. The van der Waals surface area contributed by atoms with Crippen LogP contribution in [-0.4, -0.2) is 39.5 Å². The average Bonchev–Trinajstić information content (AvgIpc) is 3.38. The molecule has 1 N–H and O–H groups in total. The molecule has 0 spiro atoms. The molecule has 0 aliphatic heterocycles. The number of carbonyl (C=O) groups is 2. The SMILES string of the molecule is C=CCn1c(SCC(=O)Nc2sc3c(c2C(=O)OC)CCC(C)C3)nnc1-c1ccc(F)cc1. The van der Waals surface area contributed by atoms with Crippen LogP contribution in [0.1, 0.15) is 34.1 Å². The Morgan fingerprint density at radius 2 is 2.12 bits per heavy atom. The van der Waals surface area contributed by atoms with Crippen LogP contribution in [0.2, 0.25) is 0 Å². The molecule has 1 aliphatic rings. The number of halogens is 1. The minimum absolute atomic E-state index is 0.0816. The molecule has 34 heavy (non-hydrogen) atoms. The number of carbonyl (C=O) groups excluding carboxylic acids is 2. The molecule has 3 aromatic rings. The van der Waals surface area contributed by atoms with E-state index in [2.05, 4.69) is 29.0 Å². The Hall–Kier alpha value is -2.98. The van der Waals surface area contributed by atoms with Crippen molar-refractivity contribution in [2.75, 3.05) is 18.2 Å². The summed E-state index contributed by atoms with van der Waals surface area (Å²) in [4.78, 5) is 26.4. The number of fused-ring (bicyclic) bond motifs is 1. The number of amides is 1. The first kappa shape index (κ1) is 24.2. The number of nitrogens with zero attached hydrogens (tertiary/aromatic N) is 3. The van der Waals surface area contributed by atoms with Gasteiger partial charge in [0, 0.05) is 17.0 Å². The summed E-state index contributed by atoms with van der Waals surface area (Å²) in [6.07, 6.45) is 4.41. The van der Waals surface area contributed by atoms with Crippen molar-refractivity contribution in [3.63, 3.8) is 0 Å². The van der Waals surface area contributed by atoms with E-state index >= 15 is 0 Å². The van der Waals surface area contributed by atoms with Gasteiger partial charge in [-0.1, -0.05) is 24.8 Å². The van der Waals surface area contributed by atoms with Gasteiger partial charge in [0.1, 0.15) is 10.8 Å². The summed E-state index contributed by atoms with van der Waals surface area (Å²) in [7, 11) is 1.35. The van der Waals surface area contributed by atoms with E-state index in [1.807, 2.05) is 4.57 Å². The van der Waals surface area contributed by atoms with Crippen molar-refractivity contribution in [2.24, 2.45) is 5.92 Å². The zero-order chi connectivity index (χ0) is 24.2. The van der Waals surface area contributed by atoms with Gasteiger partial charge in [0.05, 0.1) is 18.4 Å². The number of thiophene rings is 1. The highest BCUT2D eigenvalue weighted by molar-refractivity contribution is 7.99. The zero-order valence-electron chi connectivity index (χ0n) is 19.0. The maximum atomic E-state index is 13.3. The van der Waals surface area contributed by atoms with Gasteiger partial charge in [-0.25, -0.2) is 9.18 Å². The van der Waals surface area contributed by atoms with E-state index < -0.39 is 5.97 Å². The molecule has 2 aromatic heterocycles. The molecule has 4 rings (SSSR count). The maximum absolute atomic E-state index is 13.3. The quantitative estimate of drug-likeness (QED) is 0.267. The second-order valence-corrected chi connectivity index (χ2v) is 10.1. The lowest BCUT2D eigenvalue weighted by Crippen LogP contribution is -2.17. The van der Waals surface area contributed by atoms with Crippen LogP contribution < -0.4 is 5.32 Å². The number of nitrogens with one attached hydrogen (secondary N) is 1. The molecule has 0 fully saturated rings. The first-order valence-corrected chi connectivity index (χ1v) is 12.7. The predicted octanol–water partition coefficient (Wildman–Crippen LogP) is 4.97. The molecular weight excluding hydrogens is 475 g/mol. The molecule has 1 aliphatic carbocycles. The van der Waals surface area contributed by atoms with E-state index in [1.165, 1.54) is 42.3 Å². The summed E-state index contributed by atoms with van der Waals surface area (Å²) in [6.45, 7) is 6.41. The lowest BCUT2D eigenvalue weighted by atomic mass is 9.88. The number of methoxy groups -OCH3 is 1. The third-order valence-corrected chi connectivity index (χ3v) is 7.75. The molecule has 7 nitrogen and oxygen atoms in total. The fourth-order valence-corrected chi connectivity index (χ4v) is 6.11. The Labute approximate surface area is 205 Å². The second-order valence-electron chi connectivity index (χ2n) is 8.10. The molecule has 0 saturated carbocycles. The number of hydrogen-bond donors (Lipinski definition) is 1. The Balaban J connectivity index is 1.50. The van der Waals surface area contributed by atoms with Gasteiger partial charge >= 0.3 is 5.97 Å². The number of thioether (sulfide) groups is 1. The van der Waals surface area contributed by atoms with Gasteiger partial charge < -0.3 is 10.1 Å². The first-order valence-electron chi connectivity index (χ1n) is 10.9. The van der Waals surface area contributed by atoms with Crippen molar-refractivity contribution >= 4 is 40.0 Å². The van der Waals surface area contributed by atoms with Crippen molar-refractivity contribution in [1.82, 2.24) is 14.8 Å². The highest BCUT2D eigenvalue weighted by atomic mass is 32.2. The number of rotatable bonds is 8. The van der Waals surface area contributed by atoms with Crippen LogP contribution in [0, 0.1) is 11.7 Å². The second kappa shape index (κ2) is 10.5. The summed E-state index contributed by atoms with van der Waals surface area (Å²) >= 11 is 2.69. The van der Waals surface area contributed by atoms with Crippen LogP contribution in [0.5, 0.6) is 0 Å². The number of esters is 1. The highest BCUT2D eigenvalue weighted by Crippen LogP contribution is 2.40. The standard InChI is InChI=1S/C24H25FN4O3S2/c1-4-11-29-21(15-6-8-16(25)9-7-15)27-28-24(29)33-13-19(30)26-22-20(23(31)32-3)17-10-5-14(2)12-18(17)34-22/h4,6-9,14H,1,5,10-13H2,2-3H3,(H,26,30). The molecule has 1 atom stereocenters. The Kier molecular flexibility index (Phi) is 7.47. The summed E-state index contributed by atoms with van der Waals surface area (Å²) in [5.74, 6) is 0.181. The molecule has 2 heterocycles. The number of benzene rings is 1. The van der Waals surface area contributed by atoms with Gasteiger partial charge in [-0.3, -0.25) is 9.36 Å². The van der Waals surface area contributed by atoms with Gasteiger partial charge in [0.25, 0.3) is 0 Å². The third kappa shape index (κ3) is 5.07. The monoisotopic (exact) mass is 500 g/mol. The third-order valence-electron chi connectivity index (χ3n) is 5.62. The lowest BCUT2D eigenvalue weighted by Gasteiger charge is -2.18. The van der Waals surface area contributed by atoms with Crippen LogP contribution in [0.25, 0.3) is 11.4 Å². The number of aromatic nitrogens is 3. The van der Waals surface area contributed by atoms with Crippen molar-refractivity contribution in [2.45, 2.75) is 37.9 Å². The van der Waals surface area contributed by atoms with E-state index in [1.54, 1.807) is 18.2 Å². The summed E-state index contributed by atoms with van der Waals surface area (Å²) in [5.41, 5.74) is 2.18. The smallest absolute Gasteiger partial charge is 0.341 e. The normalized spacial score (nSPS) is 15.0. The Morgan fingerprint density at radius 1 is 1.35 bits per heavy atom. The highest BCUT2D eigenvalue weighted by Gasteiger charge is 2.29. The van der Waals surface area contributed by atoms with Crippen LogP contribution >= 0.6 is 23.1 Å². The van der Waals surface area contributed by atoms with E-state index in [0.29, 0.717) is 39.6 Å². The van der Waals surface area contributed by atoms with E-state index in [-0.39, 0.29) is 17.5 Å². The largest absolute Gasteiger partial charge is 0.465 e.